The molecular formula is C13H13ClFNO. The standard InChI is InChI=1S/C13H13ClFNO/c1-8-10(5-6-17-8)13(16-2)11-4-3-9(14)7-12(11)15/h3-7,13,16H,1-2H3. The van der Waals surface area contributed by atoms with Gasteiger partial charge in [-0.15, -0.1) is 0 Å². The normalized spacial score (nSPS) is 12.7. The van der Waals surface area contributed by atoms with E-state index in [4.69, 9.17) is 16.0 Å². The molecule has 1 N–H and O–H groups in total. The Labute approximate surface area is 104 Å². The Morgan fingerprint density at radius 2 is 2.06 bits per heavy atom. The van der Waals surface area contributed by atoms with Crippen molar-refractivity contribution in [2.75, 3.05) is 7.05 Å². The highest BCUT2D eigenvalue weighted by Crippen LogP contribution is 2.28. The molecule has 4 heteroatoms. The van der Waals surface area contributed by atoms with Crippen LogP contribution < -0.4 is 5.32 Å². The summed E-state index contributed by atoms with van der Waals surface area (Å²) in [4.78, 5) is 0. The molecule has 0 aliphatic rings. The maximum absolute atomic E-state index is 13.9. The van der Waals surface area contributed by atoms with Gasteiger partial charge in [-0.2, -0.15) is 0 Å². The van der Waals surface area contributed by atoms with Gasteiger partial charge in [-0.1, -0.05) is 17.7 Å². The fourth-order valence-electron chi connectivity index (χ4n) is 1.91. The first kappa shape index (κ1) is 12.1. The zero-order valence-corrected chi connectivity index (χ0v) is 10.4. The molecule has 0 saturated heterocycles. The molecule has 1 heterocycles. The maximum Gasteiger partial charge on any atom is 0.129 e. The van der Waals surface area contributed by atoms with Crippen LogP contribution in [0.3, 0.4) is 0 Å². The zero-order valence-electron chi connectivity index (χ0n) is 9.63. The van der Waals surface area contributed by atoms with E-state index in [9.17, 15) is 4.39 Å². The summed E-state index contributed by atoms with van der Waals surface area (Å²) in [5.41, 5.74) is 1.48. The Kier molecular flexibility index (Phi) is 3.50. The monoisotopic (exact) mass is 253 g/mol. The Morgan fingerprint density at radius 1 is 1.29 bits per heavy atom. The van der Waals surface area contributed by atoms with Crippen LogP contribution in [0.15, 0.2) is 34.9 Å². The Morgan fingerprint density at radius 3 is 2.59 bits per heavy atom. The summed E-state index contributed by atoms with van der Waals surface area (Å²) in [5, 5.41) is 3.47. The van der Waals surface area contributed by atoms with Crippen LogP contribution in [-0.2, 0) is 0 Å². The third-order valence-electron chi connectivity index (χ3n) is 2.77. The first-order valence-corrected chi connectivity index (χ1v) is 5.67. The third-order valence-corrected chi connectivity index (χ3v) is 3.01. The molecule has 0 aliphatic carbocycles. The predicted molar refractivity (Wildman–Crippen MR) is 65.8 cm³/mol. The van der Waals surface area contributed by atoms with Crippen LogP contribution in [0, 0.1) is 12.7 Å². The molecule has 0 saturated carbocycles. The van der Waals surface area contributed by atoms with Gasteiger partial charge in [-0.3, -0.25) is 0 Å². The van der Waals surface area contributed by atoms with Crippen LogP contribution in [-0.4, -0.2) is 7.05 Å². The van der Waals surface area contributed by atoms with E-state index >= 15 is 0 Å². The summed E-state index contributed by atoms with van der Waals surface area (Å²) in [7, 11) is 1.78. The molecule has 90 valence electrons. The van der Waals surface area contributed by atoms with E-state index < -0.39 is 0 Å². The highest BCUT2D eigenvalue weighted by atomic mass is 35.5. The van der Waals surface area contributed by atoms with Crippen LogP contribution in [0.25, 0.3) is 0 Å². The molecular weight excluding hydrogens is 241 g/mol. The van der Waals surface area contributed by atoms with E-state index in [1.165, 1.54) is 6.07 Å². The van der Waals surface area contributed by atoms with Crippen LogP contribution in [0.4, 0.5) is 4.39 Å². The number of hydrogen-bond donors (Lipinski definition) is 1. The Hall–Kier alpha value is -1.32. The van der Waals surface area contributed by atoms with Gasteiger partial charge in [0.15, 0.2) is 0 Å². The minimum Gasteiger partial charge on any atom is -0.469 e. The van der Waals surface area contributed by atoms with E-state index in [0.717, 1.165) is 11.3 Å². The number of nitrogens with one attached hydrogen (secondary N) is 1. The van der Waals surface area contributed by atoms with Crippen molar-refractivity contribution in [2.24, 2.45) is 0 Å². The van der Waals surface area contributed by atoms with Gasteiger partial charge >= 0.3 is 0 Å². The second-order valence-corrected chi connectivity index (χ2v) is 4.26. The largest absolute Gasteiger partial charge is 0.469 e. The Bertz CT molecular complexity index is 524. The van der Waals surface area contributed by atoms with Crippen molar-refractivity contribution in [2.45, 2.75) is 13.0 Å². The quantitative estimate of drug-likeness (QED) is 0.903. The van der Waals surface area contributed by atoms with Crippen molar-refractivity contribution in [3.63, 3.8) is 0 Å². The summed E-state index contributed by atoms with van der Waals surface area (Å²) in [6, 6.07) is 6.29. The van der Waals surface area contributed by atoms with Gasteiger partial charge in [0.05, 0.1) is 12.3 Å². The maximum atomic E-state index is 13.9. The van der Waals surface area contributed by atoms with Gasteiger partial charge in [0.1, 0.15) is 11.6 Å². The van der Waals surface area contributed by atoms with Crippen LogP contribution in [0.2, 0.25) is 5.02 Å². The minimum absolute atomic E-state index is 0.231. The fraction of sp³-hybridized carbons (Fsp3) is 0.231. The lowest BCUT2D eigenvalue weighted by Gasteiger charge is -2.17. The number of rotatable bonds is 3. The van der Waals surface area contributed by atoms with E-state index in [2.05, 4.69) is 5.32 Å². The molecule has 1 atom stereocenters. The van der Waals surface area contributed by atoms with Gasteiger partial charge in [0.2, 0.25) is 0 Å². The van der Waals surface area contributed by atoms with Crippen molar-refractivity contribution in [3.05, 3.63) is 58.3 Å². The van der Waals surface area contributed by atoms with E-state index in [-0.39, 0.29) is 11.9 Å². The number of aryl methyl sites for hydroxylation is 1. The highest BCUT2D eigenvalue weighted by Gasteiger charge is 2.19. The average Bonchev–Trinajstić information content (AvgIpc) is 2.69. The van der Waals surface area contributed by atoms with E-state index in [1.54, 1.807) is 25.4 Å². The number of benzene rings is 1. The summed E-state index contributed by atoms with van der Waals surface area (Å²) in [6.07, 6.45) is 1.60. The van der Waals surface area contributed by atoms with Gasteiger partial charge < -0.3 is 9.73 Å². The van der Waals surface area contributed by atoms with Gasteiger partial charge in [0, 0.05) is 16.1 Å². The van der Waals surface area contributed by atoms with Gasteiger partial charge in [-0.25, -0.2) is 4.39 Å². The molecule has 0 fully saturated rings. The first-order chi connectivity index (χ1) is 8.13. The van der Waals surface area contributed by atoms with Crippen LogP contribution in [0.5, 0.6) is 0 Å². The second-order valence-electron chi connectivity index (χ2n) is 3.82. The fourth-order valence-corrected chi connectivity index (χ4v) is 2.07. The first-order valence-electron chi connectivity index (χ1n) is 5.29. The molecule has 1 aromatic carbocycles. The molecule has 1 unspecified atom stereocenters. The Balaban J connectivity index is 2.46. The van der Waals surface area contributed by atoms with Gasteiger partial charge in [0.25, 0.3) is 0 Å². The molecule has 0 amide bonds. The summed E-state index contributed by atoms with van der Waals surface area (Å²) in [5.74, 6) is 0.455. The molecule has 0 spiro atoms. The summed E-state index contributed by atoms with van der Waals surface area (Å²) < 4.78 is 19.1. The van der Waals surface area contributed by atoms with E-state index in [0.29, 0.717) is 10.6 Å². The van der Waals surface area contributed by atoms with Crippen molar-refractivity contribution in [1.29, 1.82) is 0 Å². The SMILES string of the molecule is CNC(c1ccc(Cl)cc1F)c1ccoc1C. The van der Waals surface area contributed by atoms with Crippen LogP contribution in [0.1, 0.15) is 22.9 Å². The molecule has 0 radical (unpaired) electrons. The average molecular weight is 254 g/mol. The number of furan rings is 1. The summed E-state index contributed by atoms with van der Waals surface area (Å²) in [6.45, 7) is 1.85. The van der Waals surface area contributed by atoms with Crippen molar-refractivity contribution in [1.82, 2.24) is 5.32 Å². The van der Waals surface area contributed by atoms with Crippen molar-refractivity contribution >= 4 is 11.6 Å². The molecule has 17 heavy (non-hydrogen) atoms. The second kappa shape index (κ2) is 4.90. The smallest absolute Gasteiger partial charge is 0.129 e. The molecule has 2 rings (SSSR count). The minimum atomic E-state index is -0.322. The highest BCUT2D eigenvalue weighted by molar-refractivity contribution is 6.30. The van der Waals surface area contributed by atoms with Gasteiger partial charge in [-0.05, 0) is 32.2 Å². The van der Waals surface area contributed by atoms with Crippen LogP contribution >= 0.6 is 11.6 Å². The molecule has 2 aromatic rings. The van der Waals surface area contributed by atoms with E-state index in [1.807, 2.05) is 13.0 Å². The predicted octanol–water partition coefficient (Wildman–Crippen LogP) is 3.69. The topological polar surface area (TPSA) is 25.2 Å². The lowest BCUT2D eigenvalue weighted by atomic mass is 9.99. The summed E-state index contributed by atoms with van der Waals surface area (Å²) >= 11 is 5.74. The molecule has 0 aliphatic heterocycles. The number of hydrogen-bond acceptors (Lipinski definition) is 2. The van der Waals surface area contributed by atoms with Crippen molar-refractivity contribution < 1.29 is 8.81 Å². The molecule has 1 aromatic heterocycles. The lowest BCUT2D eigenvalue weighted by molar-refractivity contribution is 0.518. The molecule has 2 nitrogen and oxygen atoms in total. The number of halogens is 2. The lowest BCUT2D eigenvalue weighted by Crippen LogP contribution is -2.19. The van der Waals surface area contributed by atoms with Crippen molar-refractivity contribution in [3.8, 4) is 0 Å². The molecule has 0 bridgehead atoms. The third kappa shape index (κ3) is 2.35. The zero-order chi connectivity index (χ0) is 12.4.